The Morgan fingerprint density at radius 1 is 1.15 bits per heavy atom. The van der Waals surface area contributed by atoms with Gasteiger partial charge in [-0.3, -0.25) is 5.32 Å². The van der Waals surface area contributed by atoms with Crippen molar-refractivity contribution in [2.45, 2.75) is 25.7 Å². The average molecular weight is 382 g/mol. The fraction of sp³-hybridized carbons (Fsp3) is 0.333. The third-order valence-electron chi connectivity index (χ3n) is 5.19. The van der Waals surface area contributed by atoms with Gasteiger partial charge in [0.15, 0.2) is 5.13 Å². The maximum Gasteiger partial charge on any atom is 0.323 e. The summed E-state index contributed by atoms with van der Waals surface area (Å²) < 4.78 is 1.08. The molecule has 2 N–H and O–H groups in total. The standard InChI is InChI=1S/C21H23N3O2S/c25-17-9-7-15(8-10-17)5-6-16-11-13-24(14-12-16)21(26)23-20-22-18-3-1-2-4-19(18)27-20/h1-4,7-10,16,25H,5-6,11-14H2,(H,22,23,26). The SMILES string of the molecule is O=C(Nc1nc2ccccc2s1)N1CCC(CCc2ccc(O)cc2)CC1. The number of hydrogen-bond acceptors (Lipinski definition) is 4. The second-order valence-electron chi connectivity index (χ2n) is 7.05. The first-order chi connectivity index (χ1) is 13.2. The summed E-state index contributed by atoms with van der Waals surface area (Å²) in [5.41, 5.74) is 2.18. The molecule has 6 heteroatoms. The van der Waals surface area contributed by atoms with Crippen LogP contribution in [0.5, 0.6) is 5.75 Å². The van der Waals surface area contributed by atoms with Crippen LogP contribution in [0.1, 0.15) is 24.8 Å². The lowest BCUT2D eigenvalue weighted by molar-refractivity contribution is 0.180. The Morgan fingerprint density at radius 2 is 1.89 bits per heavy atom. The Hall–Kier alpha value is -2.60. The van der Waals surface area contributed by atoms with Gasteiger partial charge in [-0.15, -0.1) is 0 Å². The molecule has 0 spiro atoms. The fourth-order valence-corrected chi connectivity index (χ4v) is 4.41. The van der Waals surface area contributed by atoms with E-state index >= 15 is 0 Å². The van der Waals surface area contributed by atoms with Crippen LogP contribution >= 0.6 is 11.3 Å². The van der Waals surface area contributed by atoms with E-state index in [9.17, 15) is 9.90 Å². The van der Waals surface area contributed by atoms with Gasteiger partial charge in [0.1, 0.15) is 5.75 Å². The first-order valence-electron chi connectivity index (χ1n) is 9.37. The van der Waals surface area contributed by atoms with Crippen LogP contribution < -0.4 is 5.32 Å². The number of thiazole rings is 1. The Morgan fingerprint density at radius 3 is 2.63 bits per heavy atom. The highest BCUT2D eigenvalue weighted by Gasteiger charge is 2.23. The zero-order valence-electron chi connectivity index (χ0n) is 15.1. The minimum Gasteiger partial charge on any atom is -0.508 e. The zero-order valence-corrected chi connectivity index (χ0v) is 15.9. The van der Waals surface area contributed by atoms with E-state index in [1.165, 1.54) is 16.9 Å². The summed E-state index contributed by atoms with van der Waals surface area (Å²) in [6, 6.07) is 15.3. The van der Waals surface area contributed by atoms with Crippen LogP contribution in [0, 0.1) is 5.92 Å². The summed E-state index contributed by atoms with van der Waals surface area (Å²) in [5, 5.41) is 13.0. The van der Waals surface area contributed by atoms with Crippen molar-refractivity contribution in [3.05, 3.63) is 54.1 Å². The number of fused-ring (bicyclic) bond motifs is 1. The third kappa shape index (κ3) is 4.39. The number of rotatable bonds is 4. The number of piperidine rings is 1. The molecule has 2 aromatic carbocycles. The average Bonchev–Trinajstić information content (AvgIpc) is 3.10. The number of aromatic nitrogens is 1. The van der Waals surface area contributed by atoms with Gasteiger partial charge in [-0.1, -0.05) is 35.6 Å². The highest BCUT2D eigenvalue weighted by molar-refractivity contribution is 7.22. The molecule has 0 unspecified atom stereocenters. The van der Waals surface area contributed by atoms with Crippen LogP contribution in [0.2, 0.25) is 0 Å². The molecule has 1 aliphatic rings. The molecular weight excluding hydrogens is 358 g/mol. The molecule has 0 atom stereocenters. The number of amides is 2. The van der Waals surface area contributed by atoms with Gasteiger partial charge < -0.3 is 10.0 Å². The number of anilines is 1. The minimum absolute atomic E-state index is 0.0500. The zero-order chi connectivity index (χ0) is 18.6. The number of nitrogens with zero attached hydrogens (tertiary/aromatic N) is 2. The van der Waals surface area contributed by atoms with E-state index < -0.39 is 0 Å². The summed E-state index contributed by atoms with van der Waals surface area (Å²) in [5.74, 6) is 0.955. The first kappa shape index (κ1) is 17.8. The molecular formula is C21H23N3O2S. The van der Waals surface area contributed by atoms with Gasteiger partial charge in [-0.25, -0.2) is 9.78 Å². The van der Waals surface area contributed by atoms with E-state index in [2.05, 4.69) is 10.3 Å². The number of phenolic OH excluding ortho intramolecular Hbond substituents is 1. The number of aromatic hydroxyl groups is 1. The molecule has 1 fully saturated rings. The third-order valence-corrected chi connectivity index (χ3v) is 6.14. The minimum atomic E-state index is -0.0500. The van der Waals surface area contributed by atoms with E-state index in [1.807, 2.05) is 41.3 Å². The van der Waals surface area contributed by atoms with Crippen LogP contribution in [-0.2, 0) is 6.42 Å². The number of nitrogens with one attached hydrogen (secondary N) is 1. The van der Waals surface area contributed by atoms with Crippen LogP contribution in [0.15, 0.2) is 48.5 Å². The van der Waals surface area contributed by atoms with Crippen molar-refractivity contribution in [1.82, 2.24) is 9.88 Å². The number of hydrogen-bond donors (Lipinski definition) is 2. The first-order valence-corrected chi connectivity index (χ1v) is 10.2. The molecule has 2 amide bonds. The molecule has 0 radical (unpaired) electrons. The quantitative estimate of drug-likeness (QED) is 0.677. The summed E-state index contributed by atoms with van der Waals surface area (Å²) in [6.45, 7) is 1.58. The fourth-order valence-electron chi connectivity index (χ4n) is 3.55. The molecule has 0 saturated carbocycles. The van der Waals surface area contributed by atoms with E-state index in [4.69, 9.17) is 0 Å². The number of phenols is 1. The van der Waals surface area contributed by atoms with Gasteiger partial charge in [0, 0.05) is 13.1 Å². The lowest BCUT2D eigenvalue weighted by atomic mass is 9.90. The number of urea groups is 1. The van der Waals surface area contributed by atoms with Gasteiger partial charge in [-0.05, 0) is 61.4 Å². The van der Waals surface area contributed by atoms with Crippen molar-refractivity contribution < 1.29 is 9.90 Å². The lowest BCUT2D eigenvalue weighted by Gasteiger charge is -2.31. The summed E-state index contributed by atoms with van der Waals surface area (Å²) >= 11 is 1.51. The Bertz CT molecular complexity index is 882. The number of carbonyl (C=O) groups excluding carboxylic acids is 1. The molecule has 0 aliphatic carbocycles. The van der Waals surface area contributed by atoms with Crippen LogP contribution in [0.25, 0.3) is 10.2 Å². The molecule has 1 aliphatic heterocycles. The van der Waals surface area contributed by atoms with E-state index in [1.54, 1.807) is 12.1 Å². The maximum absolute atomic E-state index is 12.5. The topological polar surface area (TPSA) is 65.5 Å². The molecule has 1 saturated heterocycles. The molecule has 3 aromatic rings. The van der Waals surface area contributed by atoms with E-state index in [0.717, 1.165) is 49.0 Å². The van der Waals surface area contributed by atoms with Crippen LogP contribution in [0.4, 0.5) is 9.93 Å². The lowest BCUT2D eigenvalue weighted by Crippen LogP contribution is -2.41. The number of benzene rings is 2. The van der Waals surface area contributed by atoms with Gasteiger partial charge in [0.05, 0.1) is 10.2 Å². The Labute approximate surface area is 162 Å². The Kier molecular flexibility index (Phi) is 5.25. The number of likely N-dealkylation sites (tertiary alicyclic amines) is 1. The van der Waals surface area contributed by atoms with Crippen molar-refractivity contribution in [2.24, 2.45) is 5.92 Å². The molecule has 27 heavy (non-hydrogen) atoms. The largest absolute Gasteiger partial charge is 0.508 e. The predicted octanol–water partition coefficient (Wildman–Crippen LogP) is 4.88. The monoisotopic (exact) mass is 381 g/mol. The van der Waals surface area contributed by atoms with E-state index in [0.29, 0.717) is 16.8 Å². The summed E-state index contributed by atoms with van der Waals surface area (Å²) in [6.07, 6.45) is 4.21. The van der Waals surface area contributed by atoms with E-state index in [-0.39, 0.29) is 6.03 Å². The maximum atomic E-state index is 12.5. The van der Waals surface area contributed by atoms with Crippen molar-refractivity contribution in [3.8, 4) is 5.75 Å². The summed E-state index contributed by atoms with van der Waals surface area (Å²) in [4.78, 5) is 18.9. The molecule has 5 nitrogen and oxygen atoms in total. The predicted molar refractivity (Wildman–Crippen MR) is 109 cm³/mol. The van der Waals surface area contributed by atoms with Gasteiger partial charge in [0.2, 0.25) is 0 Å². The van der Waals surface area contributed by atoms with Gasteiger partial charge >= 0.3 is 6.03 Å². The van der Waals surface area contributed by atoms with Gasteiger partial charge in [-0.2, -0.15) is 0 Å². The molecule has 2 heterocycles. The van der Waals surface area contributed by atoms with Crippen LogP contribution in [0.3, 0.4) is 0 Å². The second-order valence-corrected chi connectivity index (χ2v) is 8.08. The molecule has 0 bridgehead atoms. The number of aryl methyl sites for hydroxylation is 1. The smallest absolute Gasteiger partial charge is 0.323 e. The van der Waals surface area contributed by atoms with Crippen molar-refractivity contribution in [2.75, 3.05) is 18.4 Å². The van der Waals surface area contributed by atoms with Gasteiger partial charge in [0.25, 0.3) is 0 Å². The van der Waals surface area contributed by atoms with Crippen molar-refractivity contribution >= 4 is 32.7 Å². The second kappa shape index (κ2) is 7.96. The molecule has 1 aromatic heterocycles. The molecule has 4 rings (SSSR count). The highest BCUT2D eigenvalue weighted by Crippen LogP contribution is 2.27. The number of carbonyl (C=O) groups is 1. The summed E-state index contributed by atoms with van der Waals surface area (Å²) in [7, 11) is 0. The van der Waals surface area contributed by atoms with Crippen molar-refractivity contribution in [3.63, 3.8) is 0 Å². The van der Waals surface area contributed by atoms with Crippen LogP contribution in [-0.4, -0.2) is 34.1 Å². The molecule has 140 valence electrons. The normalized spacial score (nSPS) is 15.2. The number of para-hydroxylation sites is 1. The Balaban J connectivity index is 1.25. The van der Waals surface area contributed by atoms with Crippen molar-refractivity contribution in [1.29, 1.82) is 0 Å². The highest BCUT2D eigenvalue weighted by atomic mass is 32.1.